The van der Waals surface area contributed by atoms with Crippen LogP contribution in [0, 0.1) is 5.82 Å². The fourth-order valence-corrected chi connectivity index (χ4v) is 5.31. The molecular weight excluding hydrogens is 513 g/mol. The minimum atomic E-state index is -0.510. The number of piperazine rings is 1. The number of carbonyl (C=O) groups excluding carboxylic acids is 1. The zero-order chi connectivity index (χ0) is 28.0. The number of fused-ring (bicyclic) bond motifs is 2. The lowest BCUT2D eigenvalue weighted by Gasteiger charge is -2.38. The fourth-order valence-electron chi connectivity index (χ4n) is 5.31. The van der Waals surface area contributed by atoms with Gasteiger partial charge in [0.15, 0.2) is 5.82 Å². The molecule has 6 rings (SSSR count). The molecular formula is C28H30FN9O2. The standard InChI is InChI=1S/C28H30FN9O2/c1-16-12-38(13-17(2)32-16)24-6-5-21(27(39)33-19-9-18-14-36(3)35-25(18)23(29)10-19)26-22(24)11-30-28(34-26)40-15-20-7-8-31-37(20)4/h5-11,14,16-17,32H,12-13,15H2,1-4H3,(H,33,39). The Bertz CT molecular complexity index is 1720. The molecule has 5 aromatic rings. The van der Waals surface area contributed by atoms with Crippen LogP contribution in [0.4, 0.5) is 15.8 Å². The Morgan fingerprint density at radius 1 is 1.15 bits per heavy atom. The van der Waals surface area contributed by atoms with Crippen LogP contribution in [0.3, 0.4) is 0 Å². The summed E-state index contributed by atoms with van der Waals surface area (Å²) in [5.41, 5.74) is 3.14. The molecule has 0 radical (unpaired) electrons. The topological polar surface area (TPSA) is 115 Å². The van der Waals surface area contributed by atoms with Crippen molar-refractivity contribution < 1.29 is 13.9 Å². The summed E-state index contributed by atoms with van der Waals surface area (Å²) >= 11 is 0. The van der Waals surface area contributed by atoms with Crippen molar-refractivity contribution in [1.82, 2.24) is 34.8 Å². The van der Waals surface area contributed by atoms with Gasteiger partial charge in [-0.05, 0) is 44.2 Å². The summed E-state index contributed by atoms with van der Waals surface area (Å²) in [7, 11) is 3.55. The van der Waals surface area contributed by atoms with E-state index in [1.54, 1.807) is 42.5 Å². The molecule has 1 fully saturated rings. The van der Waals surface area contributed by atoms with E-state index in [-0.39, 0.29) is 18.1 Å². The van der Waals surface area contributed by atoms with Gasteiger partial charge in [-0.1, -0.05) is 0 Å². The maximum atomic E-state index is 14.7. The molecule has 12 heteroatoms. The number of amides is 1. The van der Waals surface area contributed by atoms with E-state index in [1.165, 1.54) is 10.7 Å². The Hall–Kier alpha value is -4.58. The lowest BCUT2D eigenvalue weighted by Crippen LogP contribution is -2.54. The third-order valence-corrected chi connectivity index (χ3v) is 7.05. The van der Waals surface area contributed by atoms with Gasteiger partial charge in [-0.15, -0.1) is 0 Å². The molecule has 206 valence electrons. The zero-order valence-electron chi connectivity index (χ0n) is 22.7. The van der Waals surface area contributed by atoms with E-state index in [1.807, 2.05) is 19.2 Å². The highest BCUT2D eigenvalue weighted by Crippen LogP contribution is 2.31. The molecule has 4 heterocycles. The first-order valence-electron chi connectivity index (χ1n) is 13.1. The number of ether oxygens (including phenoxy) is 1. The average Bonchev–Trinajstić information content (AvgIpc) is 3.50. The molecule has 0 saturated carbocycles. The van der Waals surface area contributed by atoms with Gasteiger partial charge in [-0.3, -0.25) is 14.2 Å². The minimum absolute atomic E-state index is 0.143. The number of nitrogens with one attached hydrogen (secondary N) is 2. The molecule has 2 unspecified atom stereocenters. The van der Waals surface area contributed by atoms with Crippen molar-refractivity contribution in [3.05, 3.63) is 66.0 Å². The van der Waals surface area contributed by atoms with Crippen LogP contribution in [-0.2, 0) is 20.7 Å². The predicted octanol–water partition coefficient (Wildman–Crippen LogP) is 3.41. The molecule has 1 amide bonds. The van der Waals surface area contributed by atoms with Crippen LogP contribution in [0.25, 0.3) is 21.8 Å². The van der Waals surface area contributed by atoms with Crippen LogP contribution in [0.15, 0.2) is 48.9 Å². The van der Waals surface area contributed by atoms with Gasteiger partial charge in [0.2, 0.25) is 0 Å². The lowest BCUT2D eigenvalue weighted by atomic mass is 10.0. The highest BCUT2D eigenvalue weighted by molar-refractivity contribution is 6.14. The van der Waals surface area contributed by atoms with Gasteiger partial charge in [0.05, 0.1) is 16.8 Å². The molecule has 3 aromatic heterocycles. The van der Waals surface area contributed by atoms with Gasteiger partial charge in [-0.2, -0.15) is 15.2 Å². The summed E-state index contributed by atoms with van der Waals surface area (Å²) in [6.07, 6.45) is 5.09. The minimum Gasteiger partial charge on any atom is -0.457 e. The Morgan fingerprint density at radius 2 is 1.95 bits per heavy atom. The first kappa shape index (κ1) is 25.7. The first-order valence-corrected chi connectivity index (χ1v) is 13.1. The van der Waals surface area contributed by atoms with Crippen LogP contribution in [0.2, 0.25) is 0 Å². The molecule has 11 nitrogen and oxygen atoms in total. The van der Waals surface area contributed by atoms with E-state index in [0.29, 0.717) is 34.2 Å². The maximum Gasteiger partial charge on any atom is 0.317 e. The van der Waals surface area contributed by atoms with Crippen LogP contribution in [0.1, 0.15) is 29.9 Å². The number of carbonyl (C=O) groups is 1. The van der Waals surface area contributed by atoms with Crippen molar-refractivity contribution in [2.75, 3.05) is 23.3 Å². The number of benzene rings is 2. The van der Waals surface area contributed by atoms with Crippen molar-refractivity contribution in [2.45, 2.75) is 32.5 Å². The summed E-state index contributed by atoms with van der Waals surface area (Å²) in [4.78, 5) is 25.0. The van der Waals surface area contributed by atoms with Crippen LogP contribution < -0.4 is 20.3 Å². The van der Waals surface area contributed by atoms with Gasteiger partial charge in [0.25, 0.3) is 5.91 Å². The normalized spacial score (nSPS) is 17.5. The number of rotatable bonds is 6. The van der Waals surface area contributed by atoms with Gasteiger partial charge in [0.1, 0.15) is 12.1 Å². The van der Waals surface area contributed by atoms with E-state index in [0.717, 1.165) is 29.9 Å². The van der Waals surface area contributed by atoms with Gasteiger partial charge >= 0.3 is 6.01 Å². The molecule has 40 heavy (non-hydrogen) atoms. The number of halogens is 1. The smallest absolute Gasteiger partial charge is 0.317 e. The Balaban J connectivity index is 1.38. The highest BCUT2D eigenvalue weighted by atomic mass is 19.1. The zero-order valence-corrected chi connectivity index (χ0v) is 22.7. The molecule has 0 spiro atoms. The molecule has 2 aromatic carbocycles. The third kappa shape index (κ3) is 4.93. The first-order chi connectivity index (χ1) is 19.2. The number of aromatic nitrogens is 6. The number of hydrogen-bond donors (Lipinski definition) is 2. The SMILES string of the molecule is CC1CN(c2ccc(C(=O)Nc3cc(F)c4nn(C)cc4c3)c3nc(OCc4ccnn4C)ncc23)CC(C)N1. The quantitative estimate of drug-likeness (QED) is 0.335. The van der Waals surface area contributed by atoms with Crippen molar-refractivity contribution in [2.24, 2.45) is 14.1 Å². The molecule has 1 aliphatic heterocycles. The Morgan fingerprint density at radius 3 is 2.70 bits per heavy atom. The number of aryl methyl sites for hydroxylation is 2. The predicted molar refractivity (Wildman–Crippen MR) is 150 cm³/mol. The van der Waals surface area contributed by atoms with E-state index >= 15 is 0 Å². The summed E-state index contributed by atoms with van der Waals surface area (Å²) in [6.45, 7) is 6.11. The van der Waals surface area contributed by atoms with Crippen molar-refractivity contribution in [3.63, 3.8) is 0 Å². The molecule has 2 atom stereocenters. The van der Waals surface area contributed by atoms with E-state index < -0.39 is 11.7 Å². The Labute approximate surface area is 230 Å². The third-order valence-electron chi connectivity index (χ3n) is 7.05. The van der Waals surface area contributed by atoms with Crippen LogP contribution in [0.5, 0.6) is 6.01 Å². The second kappa shape index (κ2) is 10.2. The largest absolute Gasteiger partial charge is 0.457 e. The second-order valence-electron chi connectivity index (χ2n) is 10.3. The average molecular weight is 544 g/mol. The summed E-state index contributed by atoms with van der Waals surface area (Å²) in [5, 5.41) is 16.0. The molecule has 1 saturated heterocycles. The van der Waals surface area contributed by atoms with E-state index in [2.05, 4.69) is 49.5 Å². The van der Waals surface area contributed by atoms with Gasteiger partial charge in [0, 0.05) is 80.0 Å². The summed E-state index contributed by atoms with van der Waals surface area (Å²) in [5.74, 6) is -0.929. The van der Waals surface area contributed by atoms with Crippen LogP contribution >= 0.6 is 0 Å². The second-order valence-corrected chi connectivity index (χ2v) is 10.3. The van der Waals surface area contributed by atoms with Crippen molar-refractivity contribution >= 4 is 39.1 Å². The lowest BCUT2D eigenvalue weighted by molar-refractivity contribution is 0.102. The monoisotopic (exact) mass is 543 g/mol. The molecule has 2 N–H and O–H groups in total. The number of hydrogen-bond acceptors (Lipinski definition) is 8. The molecule has 0 aliphatic carbocycles. The highest BCUT2D eigenvalue weighted by Gasteiger charge is 2.25. The summed E-state index contributed by atoms with van der Waals surface area (Å²) in [6, 6.07) is 9.22. The maximum absolute atomic E-state index is 14.7. The number of anilines is 2. The molecule has 0 bridgehead atoms. The van der Waals surface area contributed by atoms with Crippen molar-refractivity contribution in [1.29, 1.82) is 0 Å². The van der Waals surface area contributed by atoms with Gasteiger partial charge in [-0.25, -0.2) is 9.37 Å². The number of nitrogens with zero attached hydrogens (tertiary/aromatic N) is 7. The summed E-state index contributed by atoms with van der Waals surface area (Å²) < 4.78 is 23.8. The Kier molecular flexibility index (Phi) is 6.54. The van der Waals surface area contributed by atoms with Crippen molar-refractivity contribution in [3.8, 4) is 6.01 Å². The van der Waals surface area contributed by atoms with Crippen LogP contribution in [-0.4, -0.2) is 60.6 Å². The van der Waals surface area contributed by atoms with E-state index in [4.69, 9.17) is 4.74 Å². The fraction of sp³-hybridized carbons (Fsp3) is 0.321. The van der Waals surface area contributed by atoms with E-state index in [9.17, 15) is 9.18 Å². The van der Waals surface area contributed by atoms with Gasteiger partial charge < -0.3 is 20.3 Å². The molecule has 1 aliphatic rings.